The number of anilines is 2. The monoisotopic (exact) mass is 621 g/mol. The van der Waals surface area contributed by atoms with E-state index in [1.807, 2.05) is 13.8 Å². The lowest BCUT2D eigenvalue weighted by atomic mass is 10.1. The van der Waals surface area contributed by atoms with Crippen LogP contribution in [0.2, 0.25) is 5.02 Å². The van der Waals surface area contributed by atoms with Gasteiger partial charge in [0.15, 0.2) is 0 Å². The topological polar surface area (TPSA) is 219 Å². The molecule has 40 heavy (non-hydrogen) atoms. The zero-order valence-corrected chi connectivity index (χ0v) is 24.0. The predicted octanol–water partition coefficient (Wildman–Crippen LogP) is 2.28. The molecule has 2 aromatic carbocycles. The molecule has 18 heteroatoms. The molecule has 1 aliphatic rings. The van der Waals surface area contributed by atoms with Gasteiger partial charge in [-0.05, 0) is 57.2 Å². The Balaban J connectivity index is 0.000000840. The molecule has 14 nitrogen and oxygen atoms in total. The van der Waals surface area contributed by atoms with Gasteiger partial charge in [-0.25, -0.2) is 9.79 Å². The van der Waals surface area contributed by atoms with Crippen LogP contribution in [0.5, 0.6) is 5.75 Å². The third-order valence-corrected chi connectivity index (χ3v) is 6.79. The number of carbonyl (C=O) groups is 1. The largest absolute Gasteiger partial charge is 0.490 e. The first-order chi connectivity index (χ1) is 18.4. The lowest BCUT2D eigenvalue weighted by Gasteiger charge is -2.38. The van der Waals surface area contributed by atoms with Gasteiger partial charge < -0.3 is 26.8 Å². The molecule has 0 bridgehead atoms. The van der Waals surface area contributed by atoms with Crippen molar-refractivity contribution in [2.75, 3.05) is 29.1 Å². The maximum absolute atomic E-state index is 13.1. The molecule has 0 spiro atoms. The van der Waals surface area contributed by atoms with Crippen molar-refractivity contribution in [3.63, 3.8) is 0 Å². The molecule has 220 valence electrons. The first kappa shape index (κ1) is 32.5. The maximum atomic E-state index is 13.1. The second-order valence-corrected chi connectivity index (χ2v) is 11.9. The number of halogens is 2. The number of carbonyl (C=O) groups excluding carboxylic acids is 1. The SMILES string of the molecule is CC1(C)N=C(N)N=C(N)N1c1ccc(OCCNC(=O)Nc2cccc(S(=O)(=O)F)c2)c(Cl)c1.CCS(=O)(=O)O. The van der Waals surface area contributed by atoms with E-state index in [0.29, 0.717) is 16.5 Å². The standard InChI is InChI=1S/C20H23ClFN7O4S.C2H6O3S/c1-20(2)28-17(23)27-18(24)29(20)13-6-7-16(15(21)11-13)33-9-8-25-19(30)26-12-4-3-5-14(10-12)34(22,31)32;1-2-6(3,4)5/h3-7,10-11H,8-9H2,1-2H3,(H2,25,26,30)(H4,23,24,27,28);2H2,1H3,(H,3,4,5). The Bertz CT molecular complexity index is 1520. The number of amides is 2. The number of aliphatic imine (C=N–C) groups is 2. The Morgan fingerprint density at radius 2 is 1.82 bits per heavy atom. The number of guanidine groups is 2. The van der Waals surface area contributed by atoms with Crippen molar-refractivity contribution >= 4 is 61.3 Å². The Morgan fingerprint density at radius 1 is 1.18 bits per heavy atom. The smallest absolute Gasteiger partial charge is 0.332 e. The van der Waals surface area contributed by atoms with Gasteiger partial charge in [-0.2, -0.15) is 21.8 Å². The van der Waals surface area contributed by atoms with Crippen molar-refractivity contribution in [3.05, 3.63) is 47.5 Å². The van der Waals surface area contributed by atoms with E-state index < -0.39 is 36.9 Å². The summed E-state index contributed by atoms with van der Waals surface area (Å²) >= 11 is 6.35. The number of benzene rings is 2. The minimum absolute atomic E-state index is 0.0847. The van der Waals surface area contributed by atoms with Gasteiger partial charge >= 0.3 is 16.3 Å². The number of urea groups is 1. The van der Waals surface area contributed by atoms with Gasteiger partial charge in [0.05, 0.1) is 17.3 Å². The first-order valence-electron chi connectivity index (χ1n) is 11.4. The molecule has 0 fully saturated rings. The quantitative estimate of drug-likeness (QED) is 0.164. The molecule has 3 rings (SSSR count). The Morgan fingerprint density at radius 3 is 2.38 bits per heavy atom. The van der Waals surface area contributed by atoms with E-state index >= 15 is 0 Å². The van der Waals surface area contributed by atoms with Gasteiger partial charge in [0.25, 0.3) is 10.1 Å². The number of nitrogens with two attached hydrogens (primary N) is 2. The van der Waals surface area contributed by atoms with Crippen LogP contribution in [0.25, 0.3) is 0 Å². The van der Waals surface area contributed by atoms with Crippen LogP contribution in [0.15, 0.2) is 57.3 Å². The lowest BCUT2D eigenvalue weighted by Crippen LogP contribution is -2.54. The summed E-state index contributed by atoms with van der Waals surface area (Å²) in [5.41, 5.74) is 11.7. The molecule has 0 unspecified atom stereocenters. The van der Waals surface area contributed by atoms with Gasteiger partial charge in [-0.3, -0.25) is 9.45 Å². The summed E-state index contributed by atoms with van der Waals surface area (Å²) in [5.74, 6) is 0.433. The number of hydrogen-bond donors (Lipinski definition) is 5. The molecule has 1 heterocycles. The van der Waals surface area contributed by atoms with Crippen LogP contribution in [0.3, 0.4) is 0 Å². The zero-order chi connectivity index (χ0) is 30.3. The Labute approximate surface area is 236 Å². The molecule has 0 saturated carbocycles. The van der Waals surface area contributed by atoms with E-state index in [4.69, 9.17) is 32.4 Å². The first-order valence-corrected chi connectivity index (χ1v) is 14.8. The third-order valence-electron chi connectivity index (χ3n) is 4.95. The summed E-state index contributed by atoms with van der Waals surface area (Å²) in [6.45, 7) is 5.21. The zero-order valence-electron chi connectivity index (χ0n) is 21.6. The van der Waals surface area contributed by atoms with Gasteiger partial charge in [-0.1, -0.05) is 17.7 Å². The molecule has 0 saturated heterocycles. The number of hydrogen-bond acceptors (Lipinski definition) is 11. The van der Waals surface area contributed by atoms with Gasteiger partial charge in [0.1, 0.15) is 22.9 Å². The summed E-state index contributed by atoms with van der Waals surface area (Å²) in [6.07, 6.45) is 0. The van der Waals surface area contributed by atoms with Crippen LogP contribution in [0.1, 0.15) is 20.8 Å². The predicted molar refractivity (Wildman–Crippen MR) is 151 cm³/mol. The molecule has 0 aromatic heterocycles. The highest BCUT2D eigenvalue weighted by molar-refractivity contribution is 7.86. The number of rotatable bonds is 8. The highest BCUT2D eigenvalue weighted by Crippen LogP contribution is 2.33. The molecule has 2 aromatic rings. The van der Waals surface area contributed by atoms with Gasteiger partial charge in [0, 0.05) is 11.4 Å². The normalized spacial score (nSPS) is 14.7. The summed E-state index contributed by atoms with van der Waals surface area (Å²) < 4.78 is 67.5. The molecule has 0 radical (unpaired) electrons. The van der Waals surface area contributed by atoms with E-state index in [1.165, 1.54) is 19.1 Å². The summed E-state index contributed by atoms with van der Waals surface area (Å²) in [7, 11) is -8.53. The highest BCUT2D eigenvalue weighted by atomic mass is 35.5. The molecule has 0 aliphatic carbocycles. The maximum Gasteiger partial charge on any atom is 0.332 e. The van der Waals surface area contributed by atoms with Crippen LogP contribution in [-0.4, -0.2) is 63.9 Å². The van der Waals surface area contributed by atoms with Crippen molar-refractivity contribution in [2.24, 2.45) is 21.5 Å². The van der Waals surface area contributed by atoms with Gasteiger partial charge in [-0.15, -0.1) is 3.89 Å². The molecule has 2 amide bonds. The van der Waals surface area contributed by atoms with Crippen LogP contribution in [0.4, 0.5) is 20.1 Å². The fourth-order valence-electron chi connectivity index (χ4n) is 3.22. The van der Waals surface area contributed by atoms with E-state index in [1.54, 1.807) is 23.1 Å². The van der Waals surface area contributed by atoms with Gasteiger partial charge in [0.2, 0.25) is 11.9 Å². The fraction of sp³-hybridized carbons (Fsp3) is 0.318. The van der Waals surface area contributed by atoms with E-state index in [0.717, 1.165) is 12.1 Å². The molecule has 1 aliphatic heterocycles. The Hall–Kier alpha value is -3.67. The lowest BCUT2D eigenvalue weighted by molar-refractivity contribution is 0.247. The van der Waals surface area contributed by atoms with Crippen molar-refractivity contribution in [3.8, 4) is 5.75 Å². The van der Waals surface area contributed by atoms with Crippen LogP contribution in [-0.2, 0) is 20.3 Å². The average Bonchev–Trinajstić information content (AvgIpc) is 2.81. The van der Waals surface area contributed by atoms with Crippen molar-refractivity contribution in [1.29, 1.82) is 0 Å². The minimum Gasteiger partial charge on any atom is -0.490 e. The average molecular weight is 622 g/mol. The summed E-state index contributed by atoms with van der Waals surface area (Å²) in [4.78, 5) is 21.4. The number of ether oxygens (including phenoxy) is 1. The van der Waals surface area contributed by atoms with Crippen LogP contribution in [0, 0.1) is 0 Å². The van der Waals surface area contributed by atoms with Crippen LogP contribution >= 0.6 is 11.6 Å². The second-order valence-electron chi connectivity index (χ2n) is 8.45. The number of nitrogens with zero attached hydrogens (tertiary/aromatic N) is 3. The summed E-state index contributed by atoms with van der Waals surface area (Å²) in [5, 5.41) is 5.25. The Kier molecular flexibility index (Phi) is 10.7. The highest BCUT2D eigenvalue weighted by Gasteiger charge is 2.33. The van der Waals surface area contributed by atoms with Crippen molar-refractivity contribution in [2.45, 2.75) is 31.3 Å². The van der Waals surface area contributed by atoms with E-state index in [2.05, 4.69) is 20.6 Å². The fourth-order valence-corrected chi connectivity index (χ4v) is 3.96. The van der Waals surface area contributed by atoms with Crippen molar-refractivity contribution in [1.82, 2.24) is 5.32 Å². The second kappa shape index (κ2) is 13.1. The van der Waals surface area contributed by atoms with E-state index in [-0.39, 0.29) is 36.5 Å². The molecular formula is C22H29ClFN7O7S2. The molecule has 7 N–H and O–H groups in total. The van der Waals surface area contributed by atoms with Crippen LogP contribution < -0.4 is 31.7 Å². The molecule has 0 atom stereocenters. The minimum atomic E-state index is -4.87. The molecular weight excluding hydrogens is 593 g/mol. The van der Waals surface area contributed by atoms with E-state index in [9.17, 15) is 25.5 Å². The number of nitrogens with one attached hydrogen (secondary N) is 2. The van der Waals surface area contributed by atoms with Crippen molar-refractivity contribution < 1.29 is 34.8 Å². The third kappa shape index (κ3) is 9.82. The summed E-state index contributed by atoms with van der Waals surface area (Å²) in [6, 6.07) is 9.21.